The first-order chi connectivity index (χ1) is 6.61. The van der Waals surface area contributed by atoms with Crippen LogP contribution in [0.3, 0.4) is 0 Å². The smallest absolute Gasteiger partial charge is 0.142 e. The van der Waals surface area contributed by atoms with Gasteiger partial charge in [-0.1, -0.05) is 0 Å². The number of rotatable bonds is 1. The average molecular weight is 256 g/mol. The lowest BCUT2D eigenvalue weighted by Crippen LogP contribution is -2.09. The van der Waals surface area contributed by atoms with Gasteiger partial charge in [0.1, 0.15) is 21.7 Å². The highest BCUT2D eigenvalue weighted by Gasteiger charge is 2.14. The van der Waals surface area contributed by atoms with E-state index in [0.29, 0.717) is 10.1 Å². The SMILES string of the molecule is CC(N)c1nc(Br)c2c(O)cccn12. The van der Waals surface area contributed by atoms with Gasteiger partial charge >= 0.3 is 0 Å². The molecule has 4 nitrogen and oxygen atoms in total. The number of nitrogens with two attached hydrogens (primary N) is 1. The zero-order chi connectivity index (χ0) is 10.3. The van der Waals surface area contributed by atoms with Crippen LogP contribution in [0.5, 0.6) is 5.75 Å². The number of hydrogen-bond acceptors (Lipinski definition) is 3. The monoisotopic (exact) mass is 255 g/mol. The van der Waals surface area contributed by atoms with Gasteiger partial charge in [0, 0.05) is 6.20 Å². The highest BCUT2D eigenvalue weighted by atomic mass is 79.9. The van der Waals surface area contributed by atoms with E-state index in [1.54, 1.807) is 16.5 Å². The van der Waals surface area contributed by atoms with Crippen molar-refractivity contribution in [3.8, 4) is 5.75 Å². The van der Waals surface area contributed by atoms with Crippen LogP contribution in [0.2, 0.25) is 0 Å². The second kappa shape index (κ2) is 3.25. The summed E-state index contributed by atoms with van der Waals surface area (Å²) in [4.78, 5) is 4.24. The predicted molar refractivity (Wildman–Crippen MR) is 57.2 cm³/mol. The lowest BCUT2D eigenvalue weighted by atomic mass is 10.3. The number of nitrogens with zero attached hydrogens (tertiary/aromatic N) is 2. The second-order valence-corrected chi connectivity index (χ2v) is 3.91. The van der Waals surface area contributed by atoms with Gasteiger partial charge < -0.3 is 10.8 Å². The summed E-state index contributed by atoms with van der Waals surface area (Å²) in [5.41, 5.74) is 6.41. The van der Waals surface area contributed by atoms with Crippen LogP contribution >= 0.6 is 15.9 Å². The molecule has 14 heavy (non-hydrogen) atoms. The highest BCUT2D eigenvalue weighted by molar-refractivity contribution is 9.10. The Morgan fingerprint density at radius 1 is 1.64 bits per heavy atom. The zero-order valence-corrected chi connectivity index (χ0v) is 9.19. The Morgan fingerprint density at radius 2 is 2.36 bits per heavy atom. The summed E-state index contributed by atoms with van der Waals surface area (Å²) in [5, 5.41) is 9.62. The number of aromatic nitrogens is 2. The first kappa shape index (κ1) is 9.48. The van der Waals surface area contributed by atoms with Gasteiger partial charge in [0.15, 0.2) is 0 Å². The third-order valence-corrected chi connectivity index (χ3v) is 2.59. The molecule has 0 radical (unpaired) electrons. The Morgan fingerprint density at radius 3 is 3.00 bits per heavy atom. The van der Waals surface area contributed by atoms with Gasteiger partial charge in [0.2, 0.25) is 0 Å². The van der Waals surface area contributed by atoms with Gasteiger partial charge in [-0.15, -0.1) is 0 Å². The van der Waals surface area contributed by atoms with E-state index in [0.717, 1.165) is 5.82 Å². The minimum Gasteiger partial charge on any atom is -0.506 e. The van der Waals surface area contributed by atoms with Crippen LogP contribution in [0.1, 0.15) is 18.8 Å². The van der Waals surface area contributed by atoms with Gasteiger partial charge in [0.05, 0.1) is 6.04 Å². The van der Waals surface area contributed by atoms with Crippen molar-refractivity contribution in [1.29, 1.82) is 0 Å². The molecule has 0 saturated heterocycles. The van der Waals surface area contributed by atoms with Crippen LogP contribution in [0, 0.1) is 0 Å². The lowest BCUT2D eigenvalue weighted by molar-refractivity contribution is 0.478. The molecule has 0 saturated carbocycles. The summed E-state index contributed by atoms with van der Waals surface area (Å²) in [7, 11) is 0. The number of fused-ring (bicyclic) bond motifs is 1. The van der Waals surface area contributed by atoms with Crippen molar-refractivity contribution in [3.63, 3.8) is 0 Å². The van der Waals surface area contributed by atoms with Crippen LogP contribution in [-0.2, 0) is 0 Å². The summed E-state index contributed by atoms with van der Waals surface area (Å²) in [5.74, 6) is 0.918. The number of hydrogen-bond donors (Lipinski definition) is 2. The van der Waals surface area contributed by atoms with Crippen LogP contribution in [0.25, 0.3) is 5.52 Å². The van der Waals surface area contributed by atoms with Crippen LogP contribution in [-0.4, -0.2) is 14.5 Å². The van der Waals surface area contributed by atoms with Crippen LogP contribution in [0.15, 0.2) is 22.9 Å². The Kier molecular flexibility index (Phi) is 2.20. The molecule has 0 aliphatic rings. The molecule has 0 spiro atoms. The summed E-state index contributed by atoms with van der Waals surface area (Å²) in [6, 6.07) is 3.20. The summed E-state index contributed by atoms with van der Waals surface area (Å²) in [6.45, 7) is 1.85. The Labute approximate surface area is 89.5 Å². The number of imidazole rings is 1. The molecule has 0 bridgehead atoms. The zero-order valence-electron chi connectivity index (χ0n) is 7.61. The molecule has 1 atom stereocenters. The summed E-state index contributed by atoms with van der Waals surface area (Å²) >= 11 is 3.29. The molecule has 5 heteroatoms. The minimum absolute atomic E-state index is 0.171. The maximum atomic E-state index is 9.62. The maximum Gasteiger partial charge on any atom is 0.142 e. The van der Waals surface area contributed by atoms with Gasteiger partial charge in [-0.25, -0.2) is 4.98 Å². The number of pyridine rings is 1. The van der Waals surface area contributed by atoms with Crippen molar-refractivity contribution >= 4 is 21.4 Å². The maximum absolute atomic E-state index is 9.62. The molecule has 3 N–H and O–H groups in total. The fourth-order valence-corrected chi connectivity index (χ4v) is 2.00. The van der Waals surface area contributed by atoms with E-state index < -0.39 is 0 Å². The third-order valence-electron chi connectivity index (χ3n) is 2.03. The molecule has 0 aliphatic heterocycles. The molecule has 74 valence electrons. The number of aromatic hydroxyl groups is 1. The predicted octanol–water partition coefficient (Wildman–Crippen LogP) is 1.82. The molecule has 2 rings (SSSR count). The van der Waals surface area contributed by atoms with E-state index in [-0.39, 0.29) is 11.8 Å². The molecule has 1 unspecified atom stereocenters. The van der Waals surface area contributed by atoms with Crippen molar-refractivity contribution in [2.75, 3.05) is 0 Å². The van der Waals surface area contributed by atoms with Crippen LogP contribution in [0.4, 0.5) is 0 Å². The molecule has 2 aromatic rings. The summed E-state index contributed by atoms with van der Waals surface area (Å²) in [6.07, 6.45) is 1.82. The van der Waals surface area contributed by atoms with Gasteiger partial charge in [-0.2, -0.15) is 0 Å². The average Bonchev–Trinajstić information content (AvgIpc) is 2.45. The lowest BCUT2D eigenvalue weighted by Gasteiger charge is -2.03. The Balaban J connectivity index is 2.84. The number of halogens is 1. The van der Waals surface area contributed by atoms with E-state index in [1.807, 2.05) is 13.1 Å². The van der Waals surface area contributed by atoms with Crippen molar-refractivity contribution in [2.24, 2.45) is 5.73 Å². The molecular weight excluding hydrogens is 246 g/mol. The normalized spacial score (nSPS) is 13.4. The van der Waals surface area contributed by atoms with Crippen molar-refractivity contribution in [3.05, 3.63) is 28.8 Å². The fourth-order valence-electron chi connectivity index (χ4n) is 1.42. The van der Waals surface area contributed by atoms with Gasteiger partial charge in [-0.3, -0.25) is 4.40 Å². The molecule has 0 fully saturated rings. The molecule has 2 heterocycles. The highest BCUT2D eigenvalue weighted by Crippen LogP contribution is 2.28. The molecular formula is C9H10BrN3O. The van der Waals surface area contributed by atoms with E-state index in [1.165, 1.54) is 0 Å². The minimum atomic E-state index is -0.171. The first-order valence-corrected chi connectivity index (χ1v) is 5.01. The largest absolute Gasteiger partial charge is 0.506 e. The van der Waals surface area contributed by atoms with Crippen molar-refractivity contribution in [2.45, 2.75) is 13.0 Å². The van der Waals surface area contributed by atoms with Gasteiger partial charge in [0.25, 0.3) is 0 Å². The van der Waals surface area contributed by atoms with Crippen LogP contribution < -0.4 is 5.73 Å². The van der Waals surface area contributed by atoms with E-state index in [4.69, 9.17) is 5.73 Å². The molecule has 0 aromatic carbocycles. The van der Waals surface area contributed by atoms with Gasteiger partial charge in [-0.05, 0) is 35.0 Å². The first-order valence-electron chi connectivity index (χ1n) is 4.22. The van der Waals surface area contributed by atoms with Crippen molar-refractivity contribution < 1.29 is 5.11 Å². The molecule has 2 aromatic heterocycles. The second-order valence-electron chi connectivity index (χ2n) is 3.16. The quantitative estimate of drug-likeness (QED) is 0.818. The topological polar surface area (TPSA) is 63.5 Å². The summed E-state index contributed by atoms with van der Waals surface area (Å²) < 4.78 is 2.40. The Hall–Kier alpha value is -1.07. The molecule has 0 aliphatic carbocycles. The fraction of sp³-hybridized carbons (Fsp3) is 0.222. The third kappa shape index (κ3) is 1.29. The Bertz CT molecular complexity index is 478. The van der Waals surface area contributed by atoms with Crippen molar-refractivity contribution in [1.82, 2.24) is 9.38 Å². The van der Waals surface area contributed by atoms with E-state index in [9.17, 15) is 5.11 Å². The van der Waals surface area contributed by atoms with E-state index in [2.05, 4.69) is 20.9 Å². The van der Waals surface area contributed by atoms with E-state index >= 15 is 0 Å². The molecule has 0 amide bonds. The standard InChI is InChI=1S/C9H10BrN3O/c1-5(11)9-12-8(10)7-6(14)3-2-4-13(7)9/h2-5,14H,11H2,1H3.